The standard InChI is InChI=1S/C22H33N3O3/c1-5-6-15(3)25-12-17-18(13-25)22(23-20(17)26)7-9-24(10-8-22)21(27)19-11-14(2)16(4)28-19/h11,15,17-18H,5-10,12-13H2,1-4H3,(H,23,26)/t15-,17-,18+/m1/s1. The average molecular weight is 388 g/mol. The number of carbonyl (C=O) groups is 2. The molecular formula is C22H33N3O3. The van der Waals surface area contributed by atoms with E-state index in [1.54, 1.807) is 0 Å². The first-order valence-electron chi connectivity index (χ1n) is 10.8. The van der Waals surface area contributed by atoms with Crippen molar-refractivity contribution in [2.24, 2.45) is 11.8 Å². The lowest BCUT2D eigenvalue weighted by atomic mass is 9.75. The molecule has 0 unspecified atom stereocenters. The normalized spacial score (nSPS) is 27.9. The Hall–Kier alpha value is -1.82. The van der Waals surface area contributed by atoms with E-state index in [9.17, 15) is 9.59 Å². The monoisotopic (exact) mass is 387 g/mol. The zero-order valence-corrected chi connectivity index (χ0v) is 17.6. The molecule has 0 aromatic carbocycles. The average Bonchev–Trinajstić information content (AvgIpc) is 3.32. The Kier molecular flexibility index (Phi) is 5.02. The second kappa shape index (κ2) is 7.21. The number of hydrogen-bond donors (Lipinski definition) is 1. The van der Waals surface area contributed by atoms with Crippen molar-refractivity contribution in [1.29, 1.82) is 0 Å². The minimum atomic E-state index is -0.145. The van der Waals surface area contributed by atoms with E-state index >= 15 is 0 Å². The number of likely N-dealkylation sites (tertiary alicyclic amines) is 2. The molecule has 3 aliphatic heterocycles. The Labute approximate surface area is 167 Å². The van der Waals surface area contributed by atoms with E-state index in [2.05, 4.69) is 24.1 Å². The second-order valence-electron chi connectivity index (χ2n) is 9.09. The summed E-state index contributed by atoms with van der Waals surface area (Å²) in [6.45, 7) is 11.6. The van der Waals surface area contributed by atoms with Crippen molar-refractivity contribution in [2.75, 3.05) is 26.2 Å². The van der Waals surface area contributed by atoms with Crippen molar-refractivity contribution in [1.82, 2.24) is 15.1 Å². The molecule has 0 aliphatic carbocycles. The summed E-state index contributed by atoms with van der Waals surface area (Å²) in [4.78, 5) is 29.9. The third-order valence-corrected chi connectivity index (χ3v) is 7.42. The van der Waals surface area contributed by atoms with Crippen LogP contribution in [-0.4, -0.2) is 59.4 Å². The van der Waals surface area contributed by atoms with E-state index in [1.807, 2.05) is 24.8 Å². The molecule has 6 heteroatoms. The fourth-order valence-electron chi connectivity index (χ4n) is 5.49. The topological polar surface area (TPSA) is 65.8 Å². The molecule has 154 valence electrons. The van der Waals surface area contributed by atoms with E-state index in [-0.39, 0.29) is 23.3 Å². The Bertz CT molecular complexity index is 744. The van der Waals surface area contributed by atoms with Crippen molar-refractivity contribution in [2.45, 2.75) is 65.0 Å². The van der Waals surface area contributed by atoms with E-state index in [1.165, 1.54) is 12.8 Å². The molecule has 28 heavy (non-hydrogen) atoms. The summed E-state index contributed by atoms with van der Waals surface area (Å²) >= 11 is 0. The largest absolute Gasteiger partial charge is 0.456 e. The van der Waals surface area contributed by atoms with Gasteiger partial charge in [0, 0.05) is 43.7 Å². The molecule has 2 amide bonds. The summed E-state index contributed by atoms with van der Waals surface area (Å²) in [5, 5.41) is 3.35. The molecule has 1 spiro atoms. The summed E-state index contributed by atoms with van der Waals surface area (Å²) < 4.78 is 5.63. The number of nitrogens with one attached hydrogen (secondary N) is 1. The number of nitrogens with zero attached hydrogens (tertiary/aromatic N) is 2. The molecule has 3 atom stereocenters. The molecule has 3 aliphatic rings. The third-order valence-electron chi connectivity index (χ3n) is 7.42. The van der Waals surface area contributed by atoms with Crippen molar-refractivity contribution in [3.63, 3.8) is 0 Å². The van der Waals surface area contributed by atoms with Crippen LogP contribution in [0.4, 0.5) is 0 Å². The first-order chi connectivity index (χ1) is 13.3. The maximum Gasteiger partial charge on any atom is 0.289 e. The number of carbonyl (C=O) groups excluding carboxylic acids is 2. The van der Waals surface area contributed by atoms with Crippen molar-refractivity contribution >= 4 is 11.8 Å². The van der Waals surface area contributed by atoms with Crippen LogP contribution in [0.2, 0.25) is 0 Å². The van der Waals surface area contributed by atoms with Gasteiger partial charge in [0.05, 0.1) is 5.92 Å². The summed E-state index contributed by atoms with van der Waals surface area (Å²) in [6.07, 6.45) is 4.02. The predicted molar refractivity (Wildman–Crippen MR) is 107 cm³/mol. The lowest BCUT2D eigenvalue weighted by Crippen LogP contribution is -2.56. The summed E-state index contributed by atoms with van der Waals surface area (Å²) in [6, 6.07) is 2.37. The van der Waals surface area contributed by atoms with Crippen molar-refractivity contribution in [3.8, 4) is 0 Å². The van der Waals surface area contributed by atoms with Gasteiger partial charge < -0.3 is 14.6 Å². The molecule has 6 nitrogen and oxygen atoms in total. The van der Waals surface area contributed by atoms with E-state index in [0.717, 1.165) is 37.3 Å². The highest BCUT2D eigenvalue weighted by molar-refractivity contribution is 5.92. The number of rotatable bonds is 4. The Balaban J connectivity index is 1.43. The number of furan rings is 1. The van der Waals surface area contributed by atoms with Gasteiger partial charge in [0.25, 0.3) is 5.91 Å². The third kappa shape index (κ3) is 3.15. The maximum absolute atomic E-state index is 12.8. The quantitative estimate of drug-likeness (QED) is 0.863. The molecule has 0 saturated carbocycles. The van der Waals surface area contributed by atoms with Crippen LogP contribution >= 0.6 is 0 Å². The minimum absolute atomic E-state index is 0.0310. The summed E-state index contributed by atoms with van der Waals surface area (Å²) in [5.74, 6) is 1.89. The highest BCUT2D eigenvalue weighted by atomic mass is 16.4. The summed E-state index contributed by atoms with van der Waals surface area (Å²) in [5.41, 5.74) is 0.865. The lowest BCUT2D eigenvalue weighted by Gasteiger charge is -2.42. The van der Waals surface area contributed by atoms with Crippen LogP contribution in [0.1, 0.15) is 61.4 Å². The fourth-order valence-corrected chi connectivity index (χ4v) is 5.49. The smallest absolute Gasteiger partial charge is 0.289 e. The zero-order chi connectivity index (χ0) is 20.1. The number of hydrogen-bond acceptors (Lipinski definition) is 4. The first-order valence-corrected chi connectivity index (χ1v) is 10.8. The molecule has 1 aromatic rings. The van der Waals surface area contributed by atoms with E-state index in [0.29, 0.717) is 30.8 Å². The maximum atomic E-state index is 12.8. The molecule has 0 radical (unpaired) electrons. The highest BCUT2D eigenvalue weighted by Crippen LogP contribution is 2.44. The molecule has 3 fully saturated rings. The van der Waals surface area contributed by atoms with Crippen LogP contribution in [0.25, 0.3) is 0 Å². The van der Waals surface area contributed by atoms with Gasteiger partial charge in [0.15, 0.2) is 5.76 Å². The first kappa shape index (κ1) is 19.5. The molecule has 4 heterocycles. The molecule has 1 aromatic heterocycles. The van der Waals surface area contributed by atoms with Crippen LogP contribution < -0.4 is 5.32 Å². The van der Waals surface area contributed by atoms with Crippen molar-refractivity contribution < 1.29 is 14.0 Å². The van der Waals surface area contributed by atoms with Gasteiger partial charge in [-0.05, 0) is 51.7 Å². The molecular weight excluding hydrogens is 354 g/mol. The van der Waals surface area contributed by atoms with Gasteiger partial charge in [-0.2, -0.15) is 0 Å². The van der Waals surface area contributed by atoms with Gasteiger partial charge in [0.1, 0.15) is 5.76 Å². The van der Waals surface area contributed by atoms with Gasteiger partial charge in [0.2, 0.25) is 5.91 Å². The van der Waals surface area contributed by atoms with Crippen LogP contribution in [0.15, 0.2) is 10.5 Å². The predicted octanol–water partition coefficient (Wildman–Crippen LogP) is 2.74. The van der Waals surface area contributed by atoms with Gasteiger partial charge in [-0.15, -0.1) is 0 Å². The number of fused-ring (bicyclic) bond motifs is 2. The summed E-state index contributed by atoms with van der Waals surface area (Å²) in [7, 11) is 0. The zero-order valence-electron chi connectivity index (χ0n) is 17.6. The van der Waals surface area contributed by atoms with E-state index in [4.69, 9.17) is 4.42 Å². The van der Waals surface area contributed by atoms with Crippen LogP contribution in [0.3, 0.4) is 0 Å². The molecule has 3 saturated heterocycles. The van der Waals surface area contributed by atoms with Gasteiger partial charge in [-0.3, -0.25) is 14.5 Å². The highest BCUT2D eigenvalue weighted by Gasteiger charge is 2.57. The molecule has 0 bridgehead atoms. The Morgan fingerprint density at radius 2 is 2.04 bits per heavy atom. The SMILES string of the molecule is CCC[C@@H](C)N1C[C@H]2C(=O)NC3(CCN(C(=O)c4cc(C)c(C)o4)CC3)[C@H]2C1. The number of piperidine rings is 1. The lowest BCUT2D eigenvalue weighted by molar-refractivity contribution is -0.123. The van der Waals surface area contributed by atoms with Crippen LogP contribution in [0.5, 0.6) is 0 Å². The van der Waals surface area contributed by atoms with Gasteiger partial charge in [-0.1, -0.05) is 13.3 Å². The second-order valence-corrected chi connectivity index (χ2v) is 9.09. The Morgan fingerprint density at radius 1 is 1.32 bits per heavy atom. The Morgan fingerprint density at radius 3 is 2.64 bits per heavy atom. The van der Waals surface area contributed by atoms with Gasteiger partial charge >= 0.3 is 0 Å². The number of aryl methyl sites for hydroxylation is 2. The van der Waals surface area contributed by atoms with Gasteiger partial charge in [-0.25, -0.2) is 0 Å². The molecule has 4 rings (SSSR count). The minimum Gasteiger partial charge on any atom is -0.456 e. The van der Waals surface area contributed by atoms with Crippen LogP contribution in [-0.2, 0) is 4.79 Å². The fraction of sp³-hybridized carbons (Fsp3) is 0.727. The van der Waals surface area contributed by atoms with Crippen molar-refractivity contribution in [3.05, 3.63) is 23.2 Å². The van der Waals surface area contributed by atoms with Crippen LogP contribution in [0, 0.1) is 25.7 Å². The molecule has 1 N–H and O–H groups in total. The van der Waals surface area contributed by atoms with E-state index < -0.39 is 0 Å². The number of amides is 2.